The standard InChI is InChI=1S/C9H11F3N2S/c10-9(11,12)8-14-7(5-15-8)4-13-6-2-1-3-6/h5-6,13H,1-4H2. The van der Waals surface area contributed by atoms with Crippen molar-refractivity contribution in [2.24, 2.45) is 0 Å². The van der Waals surface area contributed by atoms with Gasteiger partial charge in [-0.25, -0.2) is 4.98 Å². The molecule has 84 valence electrons. The molecule has 1 heterocycles. The Bertz CT molecular complexity index is 330. The molecule has 1 fully saturated rings. The summed E-state index contributed by atoms with van der Waals surface area (Å²) < 4.78 is 36.6. The summed E-state index contributed by atoms with van der Waals surface area (Å²) in [5.74, 6) is 0. The van der Waals surface area contributed by atoms with Crippen LogP contribution in [0.4, 0.5) is 13.2 Å². The third-order valence-electron chi connectivity index (χ3n) is 2.47. The highest BCUT2D eigenvalue weighted by molar-refractivity contribution is 7.09. The number of nitrogens with one attached hydrogen (secondary N) is 1. The van der Waals surface area contributed by atoms with Crippen LogP contribution in [-0.2, 0) is 12.7 Å². The number of aromatic nitrogens is 1. The van der Waals surface area contributed by atoms with E-state index in [2.05, 4.69) is 10.3 Å². The van der Waals surface area contributed by atoms with Crippen molar-refractivity contribution < 1.29 is 13.2 Å². The van der Waals surface area contributed by atoms with Crippen molar-refractivity contribution in [3.05, 3.63) is 16.1 Å². The van der Waals surface area contributed by atoms with Crippen LogP contribution >= 0.6 is 11.3 Å². The first-order valence-corrected chi connectivity index (χ1v) is 5.68. The molecule has 0 radical (unpaired) electrons. The minimum absolute atomic E-state index is 0.442. The number of halogens is 3. The van der Waals surface area contributed by atoms with Gasteiger partial charge >= 0.3 is 6.18 Å². The molecule has 0 spiro atoms. The van der Waals surface area contributed by atoms with Crippen molar-refractivity contribution in [3.8, 4) is 0 Å². The maximum atomic E-state index is 12.2. The second-order valence-corrected chi connectivity index (χ2v) is 4.51. The third-order valence-corrected chi connectivity index (χ3v) is 3.41. The van der Waals surface area contributed by atoms with Gasteiger partial charge in [0.2, 0.25) is 0 Å². The van der Waals surface area contributed by atoms with Gasteiger partial charge in [0.05, 0.1) is 5.69 Å². The van der Waals surface area contributed by atoms with Crippen molar-refractivity contribution in [1.29, 1.82) is 0 Å². The minimum Gasteiger partial charge on any atom is -0.308 e. The predicted molar refractivity (Wildman–Crippen MR) is 51.6 cm³/mol. The highest BCUT2D eigenvalue weighted by Gasteiger charge is 2.34. The Labute approximate surface area is 89.5 Å². The highest BCUT2D eigenvalue weighted by atomic mass is 32.1. The minimum atomic E-state index is -4.31. The van der Waals surface area contributed by atoms with Crippen molar-refractivity contribution in [2.45, 2.75) is 38.0 Å². The topological polar surface area (TPSA) is 24.9 Å². The molecule has 0 aromatic carbocycles. The van der Waals surface area contributed by atoms with Crippen LogP contribution in [0.5, 0.6) is 0 Å². The van der Waals surface area contributed by atoms with E-state index in [1.165, 1.54) is 11.8 Å². The molecule has 0 aliphatic heterocycles. The molecule has 6 heteroatoms. The average Bonchev–Trinajstić information content (AvgIpc) is 2.48. The molecule has 1 aromatic rings. The van der Waals surface area contributed by atoms with Crippen LogP contribution in [0.1, 0.15) is 30.0 Å². The fourth-order valence-electron chi connectivity index (χ4n) is 1.38. The Morgan fingerprint density at radius 2 is 2.20 bits per heavy atom. The van der Waals surface area contributed by atoms with Crippen LogP contribution < -0.4 is 5.32 Å². The van der Waals surface area contributed by atoms with E-state index in [1.54, 1.807) is 0 Å². The number of hydrogen-bond acceptors (Lipinski definition) is 3. The molecule has 1 aromatic heterocycles. The molecule has 1 aliphatic rings. The predicted octanol–water partition coefficient (Wildman–Crippen LogP) is 2.80. The Hall–Kier alpha value is -0.620. The molecule has 1 aliphatic carbocycles. The van der Waals surface area contributed by atoms with E-state index in [0.29, 0.717) is 29.6 Å². The molecule has 1 saturated carbocycles. The summed E-state index contributed by atoms with van der Waals surface area (Å²) in [4.78, 5) is 3.54. The van der Waals surface area contributed by atoms with E-state index < -0.39 is 11.2 Å². The van der Waals surface area contributed by atoms with E-state index in [9.17, 15) is 13.2 Å². The second kappa shape index (κ2) is 4.09. The number of nitrogens with zero attached hydrogens (tertiary/aromatic N) is 1. The van der Waals surface area contributed by atoms with Crippen LogP contribution in [0.15, 0.2) is 5.38 Å². The van der Waals surface area contributed by atoms with E-state index in [1.807, 2.05) is 0 Å². The van der Waals surface area contributed by atoms with Gasteiger partial charge in [-0.1, -0.05) is 6.42 Å². The zero-order valence-corrected chi connectivity index (χ0v) is 8.79. The molecule has 2 rings (SSSR count). The van der Waals surface area contributed by atoms with Gasteiger partial charge in [-0.2, -0.15) is 13.2 Å². The number of alkyl halides is 3. The quantitative estimate of drug-likeness (QED) is 0.872. The van der Waals surface area contributed by atoms with Gasteiger partial charge in [0.15, 0.2) is 5.01 Å². The average molecular weight is 236 g/mol. The van der Waals surface area contributed by atoms with E-state index in [4.69, 9.17) is 0 Å². The molecule has 0 saturated heterocycles. The first kappa shape index (κ1) is 10.9. The Morgan fingerprint density at radius 3 is 2.67 bits per heavy atom. The molecule has 2 nitrogen and oxygen atoms in total. The Kier molecular flexibility index (Phi) is 2.97. The van der Waals surface area contributed by atoms with Crippen molar-refractivity contribution in [1.82, 2.24) is 10.3 Å². The van der Waals surface area contributed by atoms with Gasteiger partial charge in [0.25, 0.3) is 0 Å². The van der Waals surface area contributed by atoms with Gasteiger partial charge in [0.1, 0.15) is 0 Å². The number of rotatable bonds is 3. The fraction of sp³-hybridized carbons (Fsp3) is 0.667. The number of thiazole rings is 1. The first-order valence-electron chi connectivity index (χ1n) is 4.80. The van der Waals surface area contributed by atoms with Gasteiger partial charge in [0, 0.05) is 18.0 Å². The summed E-state index contributed by atoms with van der Waals surface area (Å²) in [6.45, 7) is 0.442. The molecule has 0 amide bonds. The van der Waals surface area contributed by atoms with Gasteiger partial charge in [-0.15, -0.1) is 11.3 Å². The lowest BCUT2D eigenvalue weighted by atomic mass is 9.93. The fourth-order valence-corrected chi connectivity index (χ4v) is 2.07. The van der Waals surface area contributed by atoms with Crippen LogP contribution in [-0.4, -0.2) is 11.0 Å². The Balaban J connectivity index is 1.89. The molecule has 0 unspecified atom stereocenters. The molecule has 0 atom stereocenters. The lowest BCUT2D eigenvalue weighted by Crippen LogP contribution is -2.34. The van der Waals surface area contributed by atoms with Crippen molar-refractivity contribution in [3.63, 3.8) is 0 Å². The zero-order valence-electron chi connectivity index (χ0n) is 7.97. The van der Waals surface area contributed by atoms with E-state index in [-0.39, 0.29) is 0 Å². The molecule has 0 bridgehead atoms. The molecular formula is C9H11F3N2S. The summed E-state index contributed by atoms with van der Waals surface area (Å²) in [5, 5.41) is 3.89. The SMILES string of the molecule is FC(F)(F)c1nc(CNC2CCC2)cs1. The van der Waals surface area contributed by atoms with Crippen molar-refractivity contribution >= 4 is 11.3 Å². The smallest absolute Gasteiger partial charge is 0.308 e. The highest BCUT2D eigenvalue weighted by Crippen LogP contribution is 2.31. The monoisotopic (exact) mass is 236 g/mol. The van der Waals surface area contributed by atoms with Crippen molar-refractivity contribution in [2.75, 3.05) is 0 Å². The van der Waals surface area contributed by atoms with Gasteiger partial charge in [-0.05, 0) is 12.8 Å². The zero-order chi connectivity index (χ0) is 10.9. The van der Waals surface area contributed by atoms with Gasteiger partial charge < -0.3 is 5.32 Å². The molecule has 1 N–H and O–H groups in total. The van der Waals surface area contributed by atoms with Crippen LogP contribution in [0.3, 0.4) is 0 Å². The van der Waals surface area contributed by atoms with Gasteiger partial charge in [-0.3, -0.25) is 0 Å². The largest absolute Gasteiger partial charge is 0.443 e. The lowest BCUT2D eigenvalue weighted by Gasteiger charge is -2.26. The first-order chi connectivity index (χ1) is 7.05. The van der Waals surface area contributed by atoms with E-state index >= 15 is 0 Å². The maximum Gasteiger partial charge on any atom is 0.443 e. The van der Waals surface area contributed by atoms with E-state index in [0.717, 1.165) is 12.8 Å². The summed E-state index contributed by atoms with van der Waals surface area (Å²) in [5.41, 5.74) is 0.485. The normalized spacial score (nSPS) is 17.8. The Morgan fingerprint density at radius 1 is 1.47 bits per heavy atom. The van der Waals surface area contributed by atoms with Crippen LogP contribution in [0, 0.1) is 0 Å². The second-order valence-electron chi connectivity index (χ2n) is 3.65. The maximum absolute atomic E-state index is 12.2. The summed E-state index contributed by atoms with van der Waals surface area (Å²) >= 11 is 0.658. The summed E-state index contributed by atoms with van der Waals surface area (Å²) in [6.07, 6.45) is -0.853. The summed E-state index contributed by atoms with van der Waals surface area (Å²) in [7, 11) is 0. The number of hydrogen-bond donors (Lipinski definition) is 1. The van der Waals surface area contributed by atoms with Crippen LogP contribution in [0.2, 0.25) is 0 Å². The van der Waals surface area contributed by atoms with Crippen LogP contribution in [0.25, 0.3) is 0 Å². The lowest BCUT2D eigenvalue weighted by molar-refractivity contribution is -0.137. The third kappa shape index (κ3) is 2.69. The molecule has 15 heavy (non-hydrogen) atoms. The summed E-state index contributed by atoms with van der Waals surface area (Å²) in [6, 6.07) is 0.473. The molecular weight excluding hydrogens is 225 g/mol.